The number of hydrogen-bond donors (Lipinski definition) is 1. The first-order chi connectivity index (χ1) is 8.28. The molecule has 0 heterocycles. The summed E-state index contributed by atoms with van der Waals surface area (Å²) in [4.78, 5) is 22.8. The Bertz CT molecular complexity index is 551. The Balaban J connectivity index is 2.52. The minimum atomic E-state index is -3.57. The Morgan fingerprint density at radius 2 is 1.72 bits per heavy atom. The molecule has 0 radical (unpaired) electrons. The molecule has 0 aromatic heterocycles. The summed E-state index contributed by atoms with van der Waals surface area (Å²) in [6.07, 6.45) is 0.656. The molecule has 0 aliphatic heterocycles. The minimum absolute atomic E-state index is 0.0526. The van der Waals surface area contributed by atoms with Gasteiger partial charge in [0.25, 0.3) is 0 Å². The summed E-state index contributed by atoms with van der Waals surface area (Å²) in [5.74, 6) is -0.935. The van der Waals surface area contributed by atoms with Crippen LogP contribution in [0.15, 0.2) is 24.3 Å². The van der Waals surface area contributed by atoms with E-state index in [1.807, 2.05) is 0 Å². The fourth-order valence-electron chi connectivity index (χ4n) is 1.26. The lowest BCUT2D eigenvalue weighted by Crippen LogP contribution is -2.29. The van der Waals surface area contributed by atoms with Crippen molar-refractivity contribution in [2.45, 2.75) is 12.8 Å². The zero-order chi connectivity index (χ0) is 13.8. The van der Waals surface area contributed by atoms with Crippen molar-refractivity contribution in [1.82, 2.24) is 4.72 Å². The van der Waals surface area contributed by atoms with E-state index >= 15 is 0 Å². The molecule has 1 aromatic carbocycles. The number of carbonyl (C=O) groups excluding carboxylic acids is 2. The van der Waals surface area contributed by atoms with Crippen LogP contribution in [-0.4, -0.2) is 26.4 Å². The van der Waals surface area contributed by atoms with Gasteiger partial charge in [-0.3, -0.25) is 14.3 Å². The number of sulfonamides is 1. The molecule has 0 saturated carbocycles. The first kappa shape index (κ1) is 14.7. The lowest BCUT2D eigenvalue weighted by Gasteiger charge is -2.02. The number of nitrogens with one attached hydrogen (secondary N) is 1. The summed E-state index contributed by atoms with van der Waals surface area (Å²) in [5.41, 5.74) is 0.437. The van der Waals surface area contributed by atoms with Crippen molar-refractivity contribution in [3.05, 3.63) is 34.9 Å². The maximum atomic E-state index is 11.7. The highest BCUT2D eigenvalue weighted by atomic mass is 35.5. The average molecular weight is 290 g/mol. The zero-order valence-electron chi connectivity index (χ0n) is 9.64. The van der Waals surface area contributed by atoms with Crippen LogP contribution < -0.4 is 4.72 Å². The molecule has 0 fully saturated rings. The van der Waals surface area contributed by atoms with E-state index in [1.54, 1.807) is 29.0 Å². The summed E-state index contributed by atoms with van der Waals surface area (Å²) in [5, 5.41) is 0.515. The second-order valence-electron chi connectivity index (χ2n) is 3.73. The molecule has 1 amide bonds. The predicted molar refractivity (Wildman–Crippen MR) is 68.0 cm³/mol. The largest absolute Gasteiger partial charge is 0.294 e. The van der Waals surface area contributed by atoms with Gasteiger partial charge in [-0.25, -0.2) is 8.42 Å². The van der Waals surface area contributed by atoms with E-state index in [0.717, 1.165) is 6.26 Å². The number of benzene rings is 1. The third-order valence-electron chi connectivity index (χ3n) is 2.04. The van der Waals surface area contributed by atoms with Crippen molar-refractivity contribution in [2.75, 3.05) is 6.26 Å². The number of amides is 1. The molecule has 18 heavy (non-hydrogen) atoms. The number of carbonyl (C=O) groups is 2. The lowest BCUT2D eigenvalue weighted by molar-refractivity contribution is -0.119. The third kappa shape index (κ3) is 5.29. The van der Waals surface area contributed by atoms with E-state index in [2.05, 4.69) is 0 Å². The second-order valence-corrected chi connectivity index (χ2v) is 5.91. The molecule has 1 N–H and O–H groups in total. The molecule has 0 spiro atoms. The molecule has 1 aromatic rings. The Morgan fingerprint density at radius 3 is 2.22 bits per heavy atom. The van der Waals surface area contributed by atoms with E-state index < -0.39 is 15.9 Å². The summed E-state index contributed by atoms with van der Waals surface area (Å²) >= 11 is 5.67. The van der Waals surface area contributed by atoms with Crippen molar-refractivity contribution < 1.29 is 18.0 Å². The fraction of sp³-hybridized carbons (Fsp3) is 0.273. The highest BCUT2D eigenvalue weighted by Gasteiger charge is 2.12. The summed E-state index contributed by atoms with van der Waals surface area (Å²) in [7, 11) is -3.57. The number of Topliss-reactive ketones (excluding diaryl/α,β-unsaturated/α-hetero) is 1. The number of halogens is 1. The Morgan fingerprint density at radius 1 is 1.17 bits per heavy atom. The molecular weight excluding hydrogens is 278 g/mol. The van der Waals surface area contributed by atoms with Crippen molar-refractivity contribution >= 4 is 33.3 Å². The van der Waals surface area contributed by atoms with Crippen LogP contribution in [0.3, 0.4) is 0 Å². The fourth-order valence-corrected chi connectivity index (χ4v) is 1.91. The Hall–Kier alpha value is -1.40. The van der Waals surface area contributed by atoms with E-state index in [9.17, 15) is 18.0 Å². The molecule has 0 aliphatic rings. The van der Waals surface area contributed by atoms with Gasteiger partial charge in [-0.15, -0.1) is 0 Å². The maximum absolute atomic E-state index is 11.7. The van der Waals surface area contributed by atoms with Gasteiger partial charge in [0.15, 0.2) is 5.78 Å². The molecule has 0 atom stereocenters. The third-order valence-corrected chi connectivity index (χ3v) is 2.89. The van der Waals surface area contributed by atoms with Crippen LogP contribution in [0.1, 0.15) is 23.2 Å². The Labute approximate surface area is 110 Å². The van der Waals surface area contributed by atoms with Crippen molar-refractivity contribution in [2.24, 2.45) is 0 Å². The van der Waals surface area contributed by atoms with Crippen LogP contribution in [-0.2, 0) is 14.8 Å². The van der Waals surface area contributed by atoms with Crippen LogP contribution in [0, 0.1) is 0 Å². The summed E-state index contributed by atoms with van der Waals surface area (Å²) in [6, 6.07) is 6.26. The number of ketones is 1. The van der Waals surface area contributed by atoms with E-state index in [-0.39, 0.29) is 18.6 Å². The smallest absolute Gasteiger partial charge is 0.233 e. The van der Waals surface area contributed by atoms with Crippen molar-refractivity contribution in [3.8, 4) is 0 Å². The van der Waals surface area contributed by atoms with Gasteiger partial charge in [-0.2, -0.15) is 0 Å². The first-order valence-electron chi connectivity index (χ1n) is 5.07. The lowest BCUT2D eigenvalue weighted by atomic mass is 10.1. The summed E-state index contributed by atoms with van der Waals surface area (Å²) in [6.45, 7) is 0. The van der Waals surface area contributed by atoms with Crippen LogP contribution >= 0.6 is 11.6 Å². The number of rotatable bonds is 5. The van der Waals surface area contributed by atoms with Crippen LogP contribution in [0.2, 0.25) is 5.02 Å². The minimum Gasteiger partial charge on any atom is -0.294 e. The van der Waals surface area contributed by atoms with Gasteiger partial charge < -0.3 is 0 Å². The van der Waals surface area contributed by atoms with Gasteiger partial charge in [0.1, 0.15) is 0 Å². The van der Waals surface area contributed by atoms with E-state index in [0.29, 0.717) is 10.6 Å². The maximum Gasteiger partial charge on any atom is 0.233 e. The standard InChI is InChI=1S/C11H12ClNO4S/c1-18(16,17)13-11(15)7-6-10(14)8-2-4-9(12)5-3-8/h2-5H,6-7H2,1H3,(H,13,15). The van der Waals surface area contributed by atoms with Crippen LogP contribution in [0.4, 0.5) is 0 Å². The molecule has 0 saturated heterocycles. The van der Waals surface area contributed by atoms with E-state index in [1.165, 1.54) is 0 Å². The molecule has 5 nitrogen and oxygen atoms in total. The monoisotopic (exact) mass is 289 g/mol. The summed E-state index contributed by atoms with van der Waals surface area (Å²) < 4.78 is 23.3. The van der Waals surface area contributed by atoms with Crippen LogP contribution in [0.25, 0.3) is 0 Å². The van der Waals surface area contributed by atoms with Crippen molar-refractivity contribution in [3.63, 3.8) is 0 Å². The van der Waals surface area contributed by atoms with E-state index in [4.69, 9.17) is 11.6 Å². The average Bonchev–Trinajstić information content (AvgIpc) is 2.24. The highest BCUT2D eigenvalue weighted by molar-refractivity contribution is 7.89. The van der Waals surface area contributed by atoms with Gasteiger partial charge in [0, 0.05) is 23.4 Å². The molecule has 0 unspecified atom stereocenters. The molecule has 0 aliphatic carbocycles. The van der Waals surface area contributed by atoms with Gasteiger partial charge in [-0.05, 0) is 24.3 Å². The molecule has 98 valence electrons. The van der Waals surface area contributed by atoms with Gasteiger partial charge in [0.2, 0.25) is 15.9 Å². The van der Waals surface area contributed by atoms with Gasteiger partial charge in [-0.1, -0.05) is 11.6 Å². The molecule has 1 rings (SSSR count). The Kier molecular flexibility index (Phi) is 4.86. The highest BCUT2D eigenvalue weighted by Crippen LogP contribution is 2.11. The van der Waals surface area contributed by atoms with Crippen molar-refractivity contribution in [1.29, 1.82) is 0 Å². The second kappa shape index (κ2) is 5.97. The zero-order valence-corrected chi connectivity index (χ0v) is 11.2. The quantitative estimate of drug-likeness (QED) is 0.831. The SMILES string of the molecule is CS(=O)(=O)NC(=O)CCC(=O)c1ccc(Cl)cc1. The normalized spacial score (nSPS) is 11.0. The van der Waals surface area contributed by atoms with Gasteiger partial charge in [0.05, 0.1) is 6.26 Å². The van der Waals surface area contributed by atoms with Gasteiger partial charge >= 0.3 is 0 Å². The molecule has 7 heteroatoms. The molecular formula is C11H12ClNO4S. The number of hydrogen-bond acceptors (Lipinski definition) is 4. The first-order valence-corrected chi connectivity index (χ1v) is 7.34. The van der Waals surface area contributed by atoms with Crippen LogP contribution in [0.5, 0.6) is 0 Å². The topological polar surface area (TPSA) is 80.3 Å². The molecule has 0 bridgehead atoms. The predicted octanol–water partition coefficient (Wildman–Crippen LogP) is 1.38.